The van der Waals surface area contributed by atoms with E-state index in [1.165, 1.54) is 21.3 Å². The van der Waals surface area contributed by atoms with Crippen LogP contribution in [0.4, 0.5) is 0 Å². The Morgan fingerprint density at radius 2 is 1.66 bits per heavy atom. The van der Waals surface area contributed by atoms with Crippen LogP contribution in [0.5, 0.6) is 17.2 Å². The minimum atomic E-state index is -4.06. The molecule has 1 aromatic heterocycles. The molecule has 0 unspecified atom stereocenters. The topological polar surface area (TPSA) is 121 Å². The standard InChI is InChI=1S/C18H23N3O7S/c1-25-13-9-12(10-14(26-2)16(13)27-3)17-19-20-18(28-17)29(23,24)11-15(22)21-7-5-4-6-8-21/h9-10H,4-8,11H2,1-3H3. The first-order valence-corrected chi connectivity index (χ1v) is 10.7. The molecule has 29 heavy (non-hydrogen) atoms. The van der Waals surface area contributed by atoms with Crippen molar-refractivity contribution in [2.45, 2.75) is 24.5 Å². The van der Waals surface area contributed by atoms with Crippen LogP contribution in [0, 0.1) is 0 Å². The van der Waals surface area contributed by atoms with E-state index in [9.17, 15) is 13.2 Å². The summed E-state index contributed by atoms with van der Waals surface area (Å²) in [7, 11) is 0.321. The number of carbonyl (C=O) groups is 1. The molecule has 0 atom stereocenters. The lowest BCUT2D eigenvalue weighted by molar-refractivity contribution is -0.129. The predicted octanol–water partition coefficient (Wildman–Crippen LogP) is 1.55. The van der Waals surface area contributed by atoms with Crippen molar-refractivity contribution in [3.8, 4) is 28.7 Å². The maximum Gasteiger partial charge on any atom is 0.336 e. The highest BCUT2D eigenvalue weighted by molar-refractivity contribution is 7.91. The van der Waals surface area contributed by atoms with E-state index in [1.54, 1.807) is 17.0 Å². The summed E-state index contributed by atoms with van der Waals surface area (Å²) >= 11 is 0. The van der Waals surface area contributed by atoms with Crippen molar-refractivity contribution in [3.63, 3.8) is 0 Å². The third-order valence-corrected chi connectivity index (χ3v) is 5.93. The fourth-order valence-electron chi connectivity index (χ4n) is 3.12. The van der Waals surface area contributed by atoms with Gasteiger partial charge in [0.25, 0.3) is 0 Å². The molecule has 0 N–H and O–H groups in total. The van der Waals surface area contributed by atoms with Crippen molar-refractivity contribution in [2.75, 3.05) is 40.2 Å². The Balaban J connectivity index is 1.85. The summed E-state index contributed by atoms with van der Waals surface area (Å²) in [5.74, 6) is -0.137. The summed E-state index contributed by atoms with van der Waals surface area (Å²) in [6, 6.07) is 3.12. The number of amides is 1. The quantitative estimate of drug-likeness (QED) is 0.650. The van der Waals surface area contributed by atoms with Crippen LogP contribution in [0.1, 0.15) is 19.3 Å². The van der Waals surface area contributed by atoms with Gasteiger partial charge in [-0.1, -0.05) is 5.10 Å². The molecule has 3 rings (SSSR count). The lowest BCUT2D eigenvalue weighted by Gasteiger charge is -2.26. The van der Waals surface area contributed by atoms with E-state index in [4.69, 9.17) is 18.6 Å². The molecule has 0 aliphatic carbocycles. The molecule has 1 fully saturated rings. The molecule has 1 aliphatic heterocycles. The highest BCUT2D eigenvalue weighted by Gasteiger charge is 2.29. The molecule has 1 amide bonds. The van der Waals surface area contributed by atoms with E-state index in [0.29, 0.717) is 35.9 Å². The van der Waals surface area contributed by atoms with Crippen LogP contribution >= 0.6 is 0 Å². The Bertz CT molecular complexity index is 956. The summed E-state index contributed by atoms with van der Waals surface area (Å²) in [6.07, 6.45) is 2.79. The van der Waals surface area contributed by atoms with Gasteiger partial charge in [0, 0.05) is 18.7 Å². The van der Waals surface area contributed by atoms with Gasteiger partial charge in [0.15, 0.2) is 11.5 Å². The Hall–Kier alpha value is -2.82. The van der Waals surface area contributed by atoms with Crippen molar-refractivity contribution >= 4 is 15.7 Å². The molecule has 0 spiro atoms. The number of rotatable bonds is 7. The molecular formula is C18H23N3O7S. The average molecular weight is 425 g/mol. The smallest absolute Gasteiger partial charge is 0.336 e. The molecule has 11 heteroatoms. The number of ether oxygens (including phenoxy) is 3. The van der Waals surface area contributed by atoms with Gasteiger partial charge in [0.05, 0.1) is 21.3 Å². The number of aromatic nitrogens is 2. The second kappa shape index (κ2) is 8.68. The highest BCUT2D eigenvalue weighted by Crippen LogP contribution is 2.41. The molecule has 0 radical (unpaired) electrons. The number of carbonyl (C=O) groups excluding carboxylic acids is 1. The second-order valence-electron chi connectivity index (χ2n) is 6.49. The zero-order chi connectivity index (χ0) is 21.0. The number of likely N-dealkylation sites (tertiary alicyclic amines) is 1. The third-order valence-electron chi connectivity index (χ3n) is 4.61. The van der Waals surface area contributed by atoms with E-state index >= 15 is 0 Å². The predicted molar refractivity (Wildman–Crippen MR) is 102 cm³/mol. The van der Waals surface area contributed by atoms with Crippen molar-refractivity contribution in [1.29, 1.82) is 0 Å². The van der Waals surface area contributed by atoms with Crippen LogP contribution in [0.2, 0.25) is 0 Å². The number of benzene rings is 1. The Morgan fingerprint density at radius 1 is 1.03 bits per heavy atom. The van der Waals surface area contributed by atoms with Gasteiger partial charge < -0.3 is 23.5 Å². The van der Waals surface area contributed by atoms with Gasteiger partial charge in [0.1, 0.15) is 5.75 Å². The minimum absolute atomic E-state index is 0.0479. The fraction of sp³-hybridized carbons (Fsp3) is 0.500. The first-order chi connectivity index (χ1) is 13.9. The van der Waals surface area contributed by atoms with Crippen LogP contribution < -0.4 is 14.2 Å². The summed E-state index contributed by atoms with van der Waals surface area (Å²) in [4.78, 5) is 13.9. The monoisotopic (exact) mass is 425 g/mol. The van der Waals surface area contributed by atoms with E-state index in [2.05, 4.69) is 10.2 Å². The zero-order valence-electron chi connectivity index (χ0n) is 16.5. The van der Waals surface area contributed by atoms with E-state index < -0.39 is 26.7 Å². The summed E-state index contributed by atoms with van der Waals surface area (Å²) in [5, 5.41) is 6.83. The van der Waals surface area contributed by atoms with Crippen LogP contribution in [0.15, 0.2) is 21.8 Å². The number of hydrogen-bond acceptors (Lipinski definition) is 9. The van der Waals surface area contributed by atoms with Crippen molar-refractivity contribution in [2.24, 2.45) is 0 Å². The van der Waals surface area contributed by atoms with Gasteiger partial charge in [-0.15, -0.1) is 5.10 Å². The van der Waals surface area contributed by atoms with Crippen LogP contribution in [0.25, 0.3) is 11.5 Å². The molecule has 158 valence electrons. The van der Waals surface area contributed by atoms with Gasteiger partial charge in [0.2, 0.25) is 27.4 Å². The summed E-state index contributed by atoms with van der Waals surface area (Å²) in [6.45, 7) is 1.13. The molecule has 0 bridgehead atoms. The fourth-order valence-corrected chi connectivity index (χ4v) is 4.12. The number of piperidine rings is 1. The number of hydrogen-bond donors (Lipinski definition) is 0. The van der Waals surface area contributed by atoms with Crippen molar-refractivity contribution in [3.05, 3.63) is 12.1 Å². The van der Waals surface area contributed by atoms with Gasteiger partial charge in [-0.3, -0.25) is 4.79 Å². The molecular weight excluding hydrogens is 402 g/mol. The summed E-state index contributed by atoms with van der Waals surface area (Å²) < 4.78 is 46.3. The molecule has 0 saturated carbocycles. The molecule has 2 aromatic rings. The molecule has 1 aromatic carbocycles. The van der Waals surface area contributed by atoms with Gasteiger partial charge in [-0.05, 0) is 31.4 Å². The zero-order valence-corrected chi connectivity index (χ0v) is 17.3. The number of nitrogens with zero attached hydrogens (tertiary/aromatic N) is 3. The maximum atomic E-state index is 12.6. The molecule has 2 heterocycles. The highest BCUT2D eigenvalue weighted by atomic mass is 32.2. The lowest BCUT2D eigenvalue weighted by Crippen LogP contribution is -2.39. The Morgan fingerprint density at radius 3 is 2.21 bits per heavy atom. The van der Waals surface area contributed by atoms with Gasteiger partial charge >= 0.3 is 5.22 Å². The Labute approximate surface area is 168 Å². The minimum Gasteiger partial charge on any atom is -0.493 e. The van der Waals surface area contributed by atoms with Crippen LogP contribution in [-0.2, 0) is 14.6 Å². The first-order valence-electron chi connectivity index (χ1n) is 9.04. The van der Waals surface area contributed by atoms with Gasteiger partial charge in [-0.25, -0.2) is 8.42 Å². The van der Waals surface area contributed by atoms with Crippen molar-refractivity contribution in [1.82, 2.24) is 15.1 Å². The second-order valence-corrected chi connectivity index (χ2v) is 8.36. The summed E-state index contributed by atoms with van der Waals surface area (Å²) in [5.41, 5.74) is 0.385. The normalized spacial score (nSPS) is 14.5. The molecule has 1 aliphatic rings. The third kappa shape index (κ3) is 4.44. The van der Waals surface area contributed by atoms with Gasteiger partial charge in [-0.2, -0.15) is 0 Å². The van der Waals surface area contributed by atoms with E-state index in [0.717, 1.165) is 19.3 Å². The van der Waals surface area contributed by atoms with Crippen LogP contribution in [0.3, 0.4) is 0 Å². The van der Waals surface area contributed by atoms with E-state index in [-0.39, 0.29) is 5.89 Å². The van der Waals surface area contributed by atoms with Crippen molar-refractivity contribution < 1.29 is 31.8 Å². The van der Waals surface area contributed by atoms with E-state index in [1.807, 2.05) is 0 Å². The SMILES string of the molecule is COc1cc(-c2nnc(S(=O)(=O)CC(=O)N3CCCCC3)o2)cc(OC)c1OC. The lowest BCUT2D eigenvalue weighted by atomic mass is 10.1. The largest absolute Gasteiger partial charge is 0.493 e. The molecule has 1 saturated heterocycles. The number of sulfone groups is 1. The van der Waals surface area contributed by atoms with Crippen LogP contribution in [-0.4, -0.2) is 69.6 Å². The Kier molecular flexibility index (Phi) is 6.26. The average Bonchev–Trinajstić information content (AvgIpc) is 3.24. The first kappa shape index (κ1) is 20.9. The maximum absolute atomic E-state index is 12.6. The number of methoxy groups -OCH3 is 3. The molecule has 10 nitrogen and oxygen atoms in total.